The Morgan fingerprint density at radius 1 is 0.289 bits per heavy atom. The topological polar surface area (TPSA) is 65.0 Å². The van der Waals surface area contributed by atoms with Gasteiger partial charge in [0.15, 0.2) is 17.5 Å². The quantitative estimate of drug-likeness (QED) is 0.159. The lowest BCUT2D eigenvalue weighted by atomic mass is 9.67. The Hall–Kier alpha value is -9.75. The maximum atomic E-state index is 6.65. The van der Waals surface area contributed by atoms with E-state index >= 15 is 0 Å². The van der Waals surface area contributed by atoms with Crippen LogP contribution in [0.15, 0.2) is 258 Å². The van der Waals surface area contributed by atoms with Crippen molar-refractivity contribution in [3.05, 3.63) is 271 Å². The predicted molar refractivity (Wildman–Crippen MR) is 312 cm³/mol. The Bertz CT molecular complexity index is 4780. The first-order valence-corrected chi connectivity index (χ1v) is 26.5. The second-order valence-corrected chi connectivity index (χ2v) is 20.8. The van der Waals surface area contributed by atoms with Crippen LogP contribution >= 0.6 is 11.3 Å². The van der Waals surface area contributed by atoms with Crippen LogP contribution in [-0.4, -0.2) is 15.0 Å². The maximum Gasteiger partial charge on any atom is 0.164 e. The van der Waals surface area contributed by atoms with Gasteiger partial charge in [-0.25, -0.2) is 15.0 Å². The van der Waals surface area contributed by atoms with E-state index in [0.717, 1.165) is 82.6 Å². The van der Waals surface area contributed by atoms with Gasteiger partial charge in [-0.3, -0.25) is 0 Å². The van der Waals surface area contributed by atoms with Gasteiger partial charge in [0, 0.05) is 58.4 Å². The van der Waals surface area contributed by atoms with Gasteiger partial charge in [-0.05, 0) is 116 Å². The molecule has 0 bridgehead atoms. The Labute approximate surface area is 440 Å². The van der Waals surface area contributed by atoms with E-state index < -0.39 is 5.41 Å². The van der Waals surface area contributed by atoms with Crippen molar-refractivity contribution >= 4 is 75.4 Å². The second kappa shape index (κ2) is 16.6. The van der Waals surface area contributed by atoms with Crippen molar-refractivity contribution in [2.45, 2.75) is 5.41 Å². The minimum Gasteiger partial charge on any atom is -0.456 e. The zero-order valence-corrected chi connectivity index (χ0v) is 41.6. The monoisotopic (exact) mass is 987 g/mol. The van der Waals surface area contributed by atoms with Crippen molar-refractivity contribution in [3.63, 3.8) is 0 Å². The van der Waals surface area contributed by atoms with Gasteiger partial charge in [0.25, 0.3) is 0 Å². The van der Waals surface area contributed by atoms with Gasteiger partial charge in [0.2, 0.25) is 0 Å². The average Bonchev–Trinajstić information content (AvgIpc) is 4.27. The molecule has 0 fully saturated rings. The Morgan fingerprint density at radius 2 is 0.789 bits per heavy atom. The fourth-order valence-electron chi connectivity index (χ4n) is 12.2. The van der Waals surface area contributed by atoms with Gasteiger partial charge in [-0.1, -0.05) is 188 Å². The van der Waals surface area contributed by atoms with Crippen LogP contribution in [0.2, 0.25) is 0 Å². The summed E-state index contributed by atoms with van der Waals surface area (Å²) in [6, 6.07) is 88.9. The van der Waals surface area contributed by atoms with Crippen molar-refractivity contribution in [1.29, 1.82) is 0 Å². The molecule has 0 spiro atoms. The minimum absolute atomic E-state index is 0.465. The molecule has 0 atom stereocenters. The van der Waals surface area contributed by atoms with Crippen LogP contribution < -0.4 is 0 Å². The van der Waals surface area contributed by atoms with E-state index in [-0.39, 0.29) is 0 Å². The highest BCUT2D eigenvalue weighted by molar-refractivity contribution is 7.25. The Kier molecular flexibility index (Phi) is 9.35. The van der Waals surface area contributed by atoms with Crippen LogP contribution in [0, 0.1) is 0 Å². The molecule has 0 aliphatic heterocycles. The summed E-state index contributed by atoms with van der Waals surface area (Å²) in [4.78, 5) is 16.0. The molecule has 16 rings (SSSR count). The summed E-state index contributed by atoms with van der Waals surface area (Å²) in [6.07, 6.45) is 0. The lowest BCUT2D eigenvalue weighted by Crippen LogP contribution is -2.28. The van der Waals surface area contributed by atoms with E-state index in [1.807, 2.05) is 42.5 Å². The number of thiophene rings is 1. The Morgan fingerprint density at radius 3 is 1.57 bits per heavy atom. The first kappa shape index (κ1) is 42.7. The van der Waals surface area contributed by atoms with E-state index in [4.69, 9.17) is 23.8 Å². The molecule has 5 nitrogen and oxygen atoms in total. The molecule has 4 heterocycles. The maximum absolute atomic E-state index is 6.65. The molecule has 1 aliphatic carbocycles. The normalized spacial score (nSPS) is 12.8. The molecule has 0 saturated carbocycles. The zero-order valence-electron chi connectivity index (χ0n) is 40.7. The Balaban J connectivity index is 0.825. The molecule has 11 aromatic carbocycles. The third-order valence-corrected chi connectivity index (χ3v) is 16.8. The number of benzene rings is 11. The summed E-state index contributed by atoms with van der Waals surface area (Å²) in [6.45, 7) is 0. The van der Waals surface area contributed by atoms with Crippen LogP contribution in [0.4, 0.5) is 0 Å². The van der Waals surface area contributed by atoms with Gasteiger partial charge in [0.05, 0.1) is 5.41 Å². The highest BCUT2D eigenvalue weighted by Crippen LogP contribution is 2.57. The standard InChI is InChI=1S/C70H41N3O2S/c1-3-15-47(16-4-1)70(48-17-5-2-6-18-48)57-24-10-7-19-49(57)50-36-33-45(41-58(50)70)43-31-29-42(30-32-43)44-34-37-61-56(39-44)65-53(22-13-26-62(65)75-61)68-71-67(46-35-38-60-55(40-46)51-20-8-11-25-59(51)74-60)72-69(73-68)54-23-14-28-64-66(54)52-21-9-12-27-63(52)76-64/h1-41H. The second-order valence-electron chi connectivity index (χ2n) is 19.7. The number of furan rings is 2. The van der Waals surface area contributed by atoms with Crippen molar-refractivity contribution < 1.29 is 8.83 Å². The molecule has 0 saturated heterocycles. The molecule has 0 amide bonds. The summed E-state index contributed by atoms with van der Waals surface area (Å²) in [5, 5.41) is 6.32. The number of rotatable bonds is 7. The largest absolute Gasteiger partial charge is 0.456 e. The van der Waals surface area contributed by atoms with Crippen LogP contribution in [0.1, 0.15) is 22.3 Å². The molecule has 4 aromatic heterocycles. The van der Waals surface area contributed by atoms with Gasteiger partial charge in [0.1, 0.15) is 22.3 Å². The SMILES string of the molecule is c1ccc(C2(c3ccccc3)c3ccccc3-c3ccc(-c4ccc(-c5ccc6oc7cccc(-c8nc(-c9ccc%10oc%11ccccc%11c%10c9)nc(-c9cccc%10sc%11ccccc%11c9%10)n8)c7c6c5)cc4)cc32)cc1. The van der Waals surface area contributed by atoms with Crippen LogP contribution in [0.25, 0.3) is 132 Å². The van der Waals surface area contributed by atoms with Gasteiger partial charge in [-0.2, -0.15) is 0 Å². The molecule has 76 heavy (non-hydrogen) atoms. The zero-order chi connectivity index (χ0) is 49.9. The number of fused-ring (bicyclic) bond motifs is 12. The fourth-order valence-corrected chi connectivity index (χ4v) is 13.4. The third kappa shape index (κ3) is 6.41. The van der Waals surface area contributed by atoms with E-state index in [0.29, 0.717) is 17.5 Å². The number of aromatic nitrogens is 3. The number of hydrogen-bond donors (Lipinski definition) is 0. The lowest BCUT2D eigenvalue weighted by molar-refractivity contribution is 0.668. The average molecular weight is 988 g/mol. The molecular formula is C70H41N3O2S. The van der Waals surface area contributed by atoms with Crippen LogP contribution in [0.5, 0.6) is 0 Å². The van der Waals surface area contributed by atoms with E-state index in [1.54, 1.807) is 11.3 Å². The predicted octanol–water partition coefficient (Wildman–Crippen LogP) is 18.7. The number of hydrogen-bond acceptors (Lipinski definition) is 6. The van der Waals surface area contributed by atoms with Gasteiger partial charge >= 0.3 is 0 Å². The molecular weight excluding hydrogens is 947 g/mol. The first-order chi connectivity index (χ1) is 37.6. The van der Waals surface area contributed by atoms with Crippen molar-refractivity contribution in [2.24, 2.45) is 0 Å². The summed E-state index contributed by atoms with van der Waals surface area (Å²) >= 11 is 1.78. The highest BCUT2D eigenvalue weighted by atomic mass is 32.1. The van der Waals surface area contributed by atoms with Gasteiger partial charge in [-0.15, -0.1) is 11.3 Å². The van der Waals surface area contributed by atoms with E-state index in [2.05, 4.69) is 206 Å². The van der Waals surface area contributed by atoms with E-state index in [1.165, 1.54) is 53.7 Å². The van der Waals surface area contributed by atoms with Crippen molar-refractivity contribution in [1.82, 2.24) is 15.0 Å². The highest BCUT2D eigenvalue weighted by Gasteiger charge is 2.46. The van der Waals surface area contributed by atoms with Crippen molar-refractivity contribution in [2.75, 3.05) is 0 Å². The summed E-state index contributed by atoms with van der Waals surface area (Å²) in [5.41, 5.74) is 17.6. The summed E-state index contributed by atoms with van der Waals surface area (Å²) in [5.74, 6) is 1.75. The first-order valence-electron chi connectivity index (χ1n) is 25.6. The van der Waals surface area contributed by atoms with Crippen molar-refractivity contribution in [3.8, 4) is 67.5 Å². The summed E-state index contributed by atoms with van der Waals surface area (Å²) in [7, 11) is 0. The molecule has 6 heteroatoms. The number of para-hydroxylation sites is 1. The molecule has 0 radical (unpaired) electrons. The molecule has 354 valence electrons. The molecule has 0 unspecified atom stereocenters. The third-order valence-electron chi connectivity index (χ3n) is 15.7. The van der Waals surface area contributed by atoms with Crippen LogP contribution in [0.3, 0.4) is 0 Å². The lowest BCUT2D eigenvalue weighted by Gasteiger charge is -2.34. The molecule has 0 N–H and O–H groups in total. The summed E-state index contributed by atoms with van der Waals surface area (Å²) < 4.78 is 15.3. The smallest absolute Gasteiger partial charge is 0.164 e. The molecule has 15 aromatic rings. The van der Waals surface area contributed by atoms with Gasteiger partial charge < -0.3 is 8.83 Å². The molecule has 1 aliphatic rings. The fraction of sp³-hybridized carbons (Fsp3) is 0.0143. The number of nitrogens with zero attached hydrogens (tertiary/aromatic N) is 3. The van der Waals surface area contributed by atoms with E-state index in [9.17, 15) is 0 Å². The minimum atomic E-state index is -0.465. The van der Waals surface area contributed by atoms with Crippen LogP contribution in [-0.2, 0) is 5.41 Å².